The minimum absolute atomic E-state index is 0.226. The minimum Gasteiger partial charge on any atom is -0.275 e. The van der Waals surface area contributed by atoms with Crippen molar-refractivity contribution in [3.05, 3.63) is 80.6 Å². The summed E-state index contributed by atoms with van der Waals surface area (Å²) in [5.74, 6) is -2.32. The maximum atomic E-state index is 13.7. The molecule has 1 unspecified atom stereocenters. The zero-order valence-corrected chi connectivity index (χ0v) is 12.9. The minimum atomic E-state index is -5.55. The molecule has 0 aliphatic carbocycles. The van der Waals surface area contributed by atoms with Gasteiger partial charge in [-0.3, -0.25) is 20.2 Å². The van der Waals surface area contributed by atoms with Crippen molar-refractivity contribution in [1.82, 2.24) is 5.32 Å². The van der Waals surface area contributed by atoms with Crippen molar-refractivity contribution >= 4 is 17.5 Å². The van der Waals surface area contributed by atoms with Crippen molar-refractivity contribution in [2.45, 2.75) is 11.8 Å². The van der Waals surface area contributed by atoms with Crippen molar-refractivity contribution in [3.8, 4) is 0 Å². The normalized spacial score (nSPS) is 13.8. The quantitative estimate of drug-likeness (QED) is 0.381. The van der Waals surface area contributed by atoms with Gasteiger partial charge in [0.1, 0.15) is 5.82 Å². The van der Waals surface area contributed by atoms with Crippen LogP contribution in [0.4, 0.5) is 17.6 Å². The van der Waals surface area contributed by atoms with Crippen molar-refractivity contribution in [1.29, 1.82) is 0 Å². The molecule has 0 saturated carbocycles. The summed E-state index contributed by atoms with van der Waals surface area (Å²) in [4.78, 5) is 21.8. The van der Waals surface area contributed by atoms with Gasteiger partial charge in [0.05, 0.1) is 15.5 Å². The molecular formula is C15H9ClF4N2O3. The van der Waals surface area contributed by atoms with Crippen LogP contribution in [0.5, 0.6) is 0 Å². The lowest BCUT2D eigenvalue weighted by atomic mass is 9.98. The van der Waals surface area contributed by atoms with Gasteiger partial charge >= 0.3 is 11.8 Å². The third-order valence-electron chi connectivity index (χ3n) is 3.34. The molecule has 0 aromatic heterocycles. The highest BCUT2D eigenvalue weighted by Gasteiger charge is 2.69. The second-order valence-corrected chi connectivity index (χ2v) is 5.32. The largest absolute Gasteiger partial charge is 0.487 e. The van der Waals surface area contributed by atoms with E-state index in [-0.39, 0.29) is 5.56 Å². The molecule has 0 saturated heterocycles. The van der Waals surface area contributed by atoms with Crippen LogP contribution in [0.25, 0.3) is 0 Å². The van der Waals surface area contributed by atoms with Crippen molar-refractivity contribution in [2.24, 2.45) is 0 Å². The van der Waals surface area contributed by atoms with Gasteiger partial charge in [-0.2, -0.15) is 13.2 Å². The Kier molecular flexibility index (Phi) is 4.98. The van der Waals surface area contributed by atoms with Crippen molar-refractivity contribution < 1.29 is 27.3 Å². The van der Waals surface area contributed by atoms with E-state index in [9.17, 15) is 32.5 Å². The van der Waals surface area contributed by atoms with E-state index in [2.05, 4.69) is 0 Å². The summed E-state index contributed by atoms with van der Waals surface area (Å²) >= 11 is 5.60. The average Bonchev–Trinajstić information content (AvgIpc) is 2.52. The van der Waals surface area contributed by atoms with Crippen LogP contribution >= 0.6 is 11.6 Å². The summed E-state index contributed by atoms with van der Waals surface area (Å²) in [6.45, 7) is 0. The van der Waals surface area contributed by atoms with Crippen LogP contribution < -0.4 is 5.32 Å². The smallest absolute Gasteiger partial charge is 0.275 e. The van der Waals surface area contributed by atoms with E-state index in [0.717, 1.165) is 0 Å². The van der Waals surface area contributed by atoms with E-state index in [0.29, 0.717) is 18.2 Å². The van der Waals surface area contributed by atoms with E-state index >= 15 is 0 Å². The zero-order chi connectivity index (χ0) is 18.8. The highest BCUT2D eigenvalue weighted by Crippen LogP contribution is 2.42. The Hall–Kier alpha value is -2.68. The lowest BCUT2D eigenvalue weighted by Gasteiger charge is -2.29. The monoisotopic (exact) mass is 376 g/mol. The van der Waals surface area contributed by atoms with Crippen molar-refractivity contribution in [3.63, 3.8) is 0 Å². The van der Waals surface area contributed by atoms with Gasteiger partial charge in [0.2, 0.25) is 0 Å². The number of alkyl halides is 3. The molecule has 5 nitrogen and oxygen atoms in total. The Balaban J connectivity index is 2.64. The number of nitro groups is 1. The van der Waals surface area contributed by atoms with E-state index in [1.165, 1.54) is 35.6 Å². The summed E-state index contributed by atoms with van der Waals surface area (Å²) in [5, 5.41) is 11.9. The number of hydrogen-bond donors (Lipinski definition) is 1. The number of carbonyl (C=O) groups is 1. The highest BCUT2D eigenvalue weighted by molar-refractivity contribution is 6.31. The van der Waals surface area contributed by atoms with Gasteiger partial charge in [0.15, 0.2) is 0 Å². The lowest BCUT2D eigenvalue weighted by Crippen LogP contribution is -2.61. The molecule has 0 bridgehead atoms. The third kappa shape index (κ3) is 3.41. The maximum Gasteiger partial charge on any atom is 0.487 e. The lowest BCUT2D eigenvalue weighted by molar-refractivity contribution is -0.629. The summed E-state index contributed by atoms with van der Waals surface area (Å²) in [7, 11) is 0. The number of nitrogens with zero attached hydrogens (tertiary/aromatic N) is 1. The Morgan fingerprint density at radius 1 is 1.12 bits per heavy atom. The molecule has 2 rings (SSSR count). The fourth-order valence-corrected chi connectivity index (χ4v) is 2.45. The zero-order valence-electron chi connectivity index (χ0n) is 12.2. The van der Waals surface area contributed by atoms with E-state index in [1.54, 1.807) is 0 Å². The number of carbonyl (C=O) groups excluding carboxylic acids is 1. The van der Waals surface area contributed by atoms with Gasteiger partial charge in [-0.25, -0.2) is 4.39 Å². The van der Waals surface area contributed by atoms with Gasteiger partial charge in [0.25, 0.3) is 5.91 Å². The molecule has 1 N–H and O–H groups in total. The molecule has 0 aliphatic heterocycles. The SMILES string of the molecule is O=C(NC(c1ccc(F)cc1Cl)([N+](=O)[O-])C(F)(F)F)c1ccccc1. The fourth-order valence-electron chi connectivity index (χ4n) is 2.15. The molecule has 132 valence electrons. The topological polar surface area (TPSA) is 72.2 Å². The number of amides is 1. The summed E-state index contributed by atoms with van der Waals surface area (Å²) in [5.41, 5.74) is -5.36. The van der Waals surface area contributed by atoms with Gasteiger partial charge in [-0.05, 0) is 30.3 Å². The van der Waals surface area contributed by atoms with Crippen LogP contribution in [0.2, 0.25) is 5.02 Å². The molecule has 0 fully saturated rings. The van der Waals surface area contributed by atoms with Gasteiger partial charge < -0.3 is 0 Å². The Bertz CT molecular complexity index is 814. The molecule has 1 atom stereocenters. The first-order valence-electron chi connectivity index (χ1n) is 6.64. The van der Waals surface area contributed by atoms with Crippen LogP contribution in [0, 0.1) is 15.9 Å². The van der Waals surface area contributed by atoms with E-state index in [1.807, 2.05) is 0 Å². The number of halogens is 5. The summed E-state index contributed by atoms with van der Waals surface area (Å²) in [6, 6.07) is 8.22. The molecule has 0 spiro atoms. The molecule has 2 aromatic carbocycles. The molecule has 10 heteroatoms. The van der Waals surface area contributed by atoms with Crippen LogP contribution in [0.15, 0.2) is 48.5 Å². The number of hydrogen-bond acceptors (Lipinski definition) is 3. The van der Waals surface area contributed by atoms with E-state index < -0.39 is 39.1 Å². The standard InChI is InChI=1S/C15H9ClF4N2O3/c16-12-8-10(17)6-7-11(12)14(22(24)25,15(18,19)20)21-13(23)9-4-2-1-3-5-9/h1-8H,(H,21,23). The van der Waals surface area contributed by atoms with Crippen LogP contribution in [0.1, 0.15) is 15.9 Å². The third-order valence-corrected chi connectivity index (χ3v) is 3.65. The van der Waals surface area contributed by atoms with Gasteiger partial charge in [-0.15, -0.1) is 0 Å². The molecular weight excluding hydrogens is 368 g/mol. The first-order chi connectivity index (χ1) is 11.6. The summed E-state index contributed by atoms with van der Waals surface area (Å²) < 4.78 is 54.1. The first kappa shape index (κ1) is 18.7. The Labute approximate surface area is 143 Å². The van der Waals surface area contributed by atoms with Gasteiger partial charge in [-0.1, -0.05) is 29.8 Å². The molecule has 2 aromatic rings. The number of rotatable bonds is 4. The fraction of sp³-hybridized carbons (Fsp3) is 0.133. The molecule has 0 aliphatic rings. The van der Waals surface area contributed by atoms with Crippen LogP contribution in [-0.4, -0.2) is 17.0 Å². The molecule has 0 radical (unpaired) electrons. The molecule has 1 amide bonds. The first-order valence-corrected chi connectivity index (χ1v) is 7.01. The number of benzene rings is 2. The maximum absolute atomic E-state index is 13.7. The van der Waals surface area contributed by atoms with E-state index in [4.69, 9.17) is 11.6 Å². The number of nitrogens with one attached hydrogen (secondary N) is 1. The van der Waals surface area contributed by atoms with Gasteiger partial charge in [0, 0.05) is 5.56 Å². The predicted octanol–water partition coefficient (Wildman–Crippen LogP) is 3.90. The summed E-state index contributed by atoms with van der Waals surface area (Å²) in [6.07, 6.45) is -5.55. The molecule has 0 heterocycles. The van der Waals surface area contributed by atoms with Crippen molar-refractivity contribution in [2.75, 3.05) is 0 Å². The second-order valence-electron chi connectivity index (χ2n) is 4.91. The van der Waals surface area contributed by atoms with Crippen LogP contribution in [0.3, 0.4) is 0 Å². The van der Waals surface area contributed by atoms with Crippen LogP contribution in [-0.2, 0) is 5.66 Å². The second kappa shape index (κ2) is 6.67. The average molecular weight is 377 g/mol. The Morgan fingerprint density at radius 3 is 2.20 bits per heavy atom. The Morgan fingerprint density at radius 2 is 1.72 bits per heavy atom. The molecule has 25 heavy (non-hydrogen) atoms. The predicted molar refractivity (Wildman–Crippen MR) is 80.0 cm³/mol. The highest BCUT2D eigenvalue weighted by atomic mass is 35.5.